The number of carbonyl (C=O) groups excluding carboxylic acids is 1. The van der Waals surface area contributed by atoms with E-state index in [0.717, 1.165) is 29.8 Å². The van der Waals surface area contributed by atoms with E-state index < -0.39 is 10.0 Å². The van der Waals surface area contributed by atoms with Crippen LogP contribution in [0.1, 0.15) is 38.5 Å². The third-order valence-electron chi connectivity index (χ3n) is 6.31. The average Bonchev–Trinajstić information content (AvgIpc) is 2.52. The summed E-state index contributed by atoms with van der Waals surface area (Å²) in [5.74, 6) is 1.82. The molecule has 0 radical (unpaired) electrons. The second-order valence-electron chi connectivity index (χ2n) is 8.61. The van der Waals surface area contributed by atoms with Gasteiger partial charge in [0.15, 0.2) is 0 Å². The zero-order valence-corrected chi connectivity index (χ0v) is 17.6. The Morgan fingerprint density at radius 3 is 2.22 bits per heavy atom. The quantitative estimate of drug-likeness (QED) is 0.771. The van der Waals surface area contributed by atoms with E-state index in [4.69, 9.17) is 23.2 Å². The molecule has 0 heterocycles. The molecule has 27 heavy (non-hydrogen) atoms. The van der Waals surface area contributed by atoms with Gasteiger partial charge in [0, 0.05) is 10.6 Å². The van der Waals surface area contributed by atoms with E-state index in [9.17, 15) is 13.2 Å². The van der Waals surface area contributed by atoms with Crippen molar-refractivity contribution >= 4 is 44.8 Å². The summed E-state index contributed by atoms with van der Waals surface area (Å²) < 4.78 is 25.7. The fourth-order valence-corrected chi connectivity index (χ4v) is 7.08. The Bertz CT molecular complexity index is 836. The van der Waals surface area contributed by atoms with Crippen LogP contribution in [0.25, 0.3) is 0 Å². The van der Waals surface area contributed by atoms with E-state index in [1.165, 1.54) is 31.4 Å². The van der Waals surface area contributed by atoms with Crippen LogP contribution in [0.5, 0.6) is 0 Å². The summed E-state index contributed by atoms with van der Waals surface area (Å²) in [5, 5.41) is 3.82. The van der Waals surface area contributed by atoms with Crippen LogP contribution < -0.4 is 9.62 Å². The SMILES string of the molecule is CS(=O)(=O)N(CC(=O)NC12CC3CC(CC(C3)C1)C2)c1cc(Cl)ccc1Cl. The Kier molecular flexibility index (Phi) is 4.88. The van der Waals surface area contributed by atoms with Gasteiger partial charge in [0.05, 0.1) is 17.0 Å². The number of rotatable bonds is 5. The molecule has 8 heteroatoms. The van der Waals surface area contributed by atoms with Crippen LogP contribution in [-0.2, 0) is 14.8 Å². The van der Waals surface area contributed by atoms with Crippen LogP contribution in [0.2, 0.25) is 10.0 Å². The lowest BCUT2D eigenvalue weighted by Crippen LogP contribution is -2.61. The zero-order valence-electron chi connectivity index (χ0n) is 15.2. The zero-order chi connectivity index (χ0) is 19.4. The molecule has 148 valence electrons. The number of hydrogen-bond acceptors (Lipinski definition) is 3. The first kappa shape index (κ1) is 19.3. The number of halogens is 2. The van der Waals surface area contributed by atoms with E-state index in [1.54, 1.807) is 6.07 Å². The molecule has 1 aromatic carbocycles. The van der Waals surface area contributed by atoms with Crippen molar-refractivity contribution in [1.29, 1.82) is 0 Å². The molecule has 1 aromatic rings. The monoisotopic (exact) mass is 430 g/mol. The Hall–Kier alpha value is -0.980. The van der Waals surface area contributed by atoms with Gasteiger partial charge in [-0.05, 0) is 74.5 Å². The maximum absolute atomic E-state index is 12.9. The fourth-order valence-electron chi connectivity index (χ4n) is 5.79. The molecule has 4 aliphatic carbocycles. The first-order valence-electron chi connectivity index (χ1n) is 9.37. The third kappa shape index (κ3) is 3.94. The summed E-state index contributed by atoms with van der Waals surface area (Å²) in [6.45, 7) is -0.291. The Morgan fingerprint density at radius 2 is 1.70 bits per heavy atom. The van der Waals surface area contributed by atoms with Crippen molar-refractivity contribution in [3.8, 4) is 0 Å². The summed E-state index contributed by atoms with van der Waals surface area (Å²) in [7, 11) is -3.69. The summed E-state index contributed by atoms with van der Waals surface area (Å²) in [6.07, 6.45) is 7.96. The van der Waals surface area contributed by atoms with Gasteiger partial charge >= 0.3 is 0 Å². The van der Waals surface area contributed by atoms with E-state index in [2.05, 4.69) is 5.32 Å². The molecule has 0 atom stereocenters. The highest BCUT2D eigenvalue weighted by Gasteiger charge is 2.51. The molecule has 0 saturated heterocycles. The summed E-state index contributed by atoms with van der Waals surface area (Å²) in [4.78, 5) is 12.9. The van der Waals surface area contributed by atoms with Gasteiger partial charge in [0.1, 0.15) is 6.54 Å². The highest BCUT2D eigenvalue weighted by atomic mass is 35.5. The van der Waals surface area contributed by atoms with Crippen LogP contribution in [-0.4, -0.2) is 32.7 Å². The van der Waals surface area contributed by atoms with Crippen LogP contribution in [0.3, 0.4) is 0 Å². The lowest BCUT2D eigenvalue weighted by atomic mass is 9.53. The maximum Gasteiger partial charge on any atom is 0.241 e. The molecule has 0 aliphatic heterocycles. The first-order chi connectivity index (χ1) is 12.6. The van der Waals surface area contributed by atoms with Crippen molar-refractivity contribution in [2.45, 2.75) is 44.1 Å². The van der Waals surface area contributed by atoms with Crippen molar-refractivity contribution in [3.05, 3.63) is 28.2 Å². The van der Waals surface area contributed by atoms with Gasteiger partial charge in [-0.1, -0.05) is 23.2 Å². The van der Waals surface area contributed by atoms with Crippen LogP contribution >= 0.6 is 23.2 Å². The smallest absolute Gasteiger partial charge is 0.241 e. The minimum absolute atomic E-state index is 0.160. The highest BCUT2D eigenvalue weighted by molar-refractivity contribution is 7.92. The summed E-state index contributed by atoms with van der Waals surface area (Å²) in [5.41, 5.74) is 0.0694. The predicted octanol–water partition coefficient (Wildman–Crippen LogP) is 3.84. The largest absolute Gasteiger partial charge is 0.349 e. The number of carbonyl (C=O) groups is 1. The van der Waals surface area contributed by atoms with Crippen molar-refractivity contribution in [3.63, 3.8) is 0 Å². The van der Waals surface area contributed by atoms with Crippen molar-refractivity contribution < 1.29 is 13.2 Å². The number of amides is 1. The molecule has 1 amide bonds. The van der Waals surface area contributed by atoms with Crippen molar-refractivity contribution in [2.75, 3.05) is 17.1 Å². The molecule has 4 fully saturated rings. The van der Waals surface area contributed by atoms with Crippen molar-refractivity contribution in [2.24, 2.45) is 17.8 Å². The van der Waals surface area contributed by atoms with Crippen LogP contribution in [0, 0.1) is 17.8 Å². The summed E-state index contributed by atoms with van der Waals surface area (Å²) >= 11 is 12.2. The molecule has 0 aromatic heterocycles. The number of nitrogens with zero attached hydrogens (tertiary/aromatic N) is 1. The molecule has 1 N–H and O–H groups in total. The molecule has 0 unspecified atom stereocenters. The summed E-state index contributed by atoms with van der Waals surface area (Å²) in [6, 6.07) is 4.60. The Labute approximate surface area is 170 Å². The normalized spacial score (nSPS) is 31.7. The molecule has 4 saturated carbocycles. The lowest BCUT2D eigenvalue weighted by molar-refractivity contribution is -0.125. The van der Waals surface area contributed by atoms with Gasteiger partial charge in [-0.15, -0.1) is 0 Å². The molecule has 4 aliphatic rings. The second kappa shape index (κ2) is 6.82. The molecule has 0 spiro atoms. The van der Waals surface area contributed by atoms with E-state index in [-0.39, 0.29) is 28.7 Å². The highest BCUT2D eigenvalue weighted by Crippen LogP contribution is 2.55. The molecule has 5 nitrogen and oxygen atoms in total. The number of nitrogens with one attached hydrogen (secondary N) is 1. The Balaban J connectivity index is 1.54. The van der Waals surface area contributed by atoms with Gasteiger partial charge in [0.25, 0.3) is 0 Å². The third-order valence-corrected chi connectivity index (χ3v) is 7.99. The molecular weight excluding hydrogens is 407 g/mol. The number of benzene rings is 1. The fraction of sp³-hybridized carbons (Fsp3) is 0.632. The van der Waals surface area contributed by atoms with E-state index in [1.807, 2.05) is 0 Å². The number of anilines is 1. The van der Waals surface area contributed by atoms with Crippen LogP contribution in [0.4, 0.5) is 5.69 Å². The van der Waals surface area contributed by atoms with Gasteiger partial charge < -0.3 is 5.32 Å². The number of hydrogen-bond donors (Lipinski definition) is 1. The lowest BCUT2D eigenvalue weighted by Gasteiger charge is -2.57. The predicted molar refractivity (Wildman–Crippen MR) is 108 cm³/mol. The minimum atomic E-state index is -3.69. The number of sulfonamides is 1. The van der Waals surface area contributed by atoms with Gasteiger partial charge in [-0.25, -0.2) is 8.42 Å². The molecule has 4 bridgehead atoms. The molecule has 5 rings (SSSR count). The van der Waals surface area contributed by atoms with E-state index >= 15 is 0 Å². The first-order valence-corrected chi connectivity index (χ1v) is 12.0. The van der Waals surface area contributed by atoms with Crippen LogP contribution in [0.15, 0.2) is 18.2 Å². The minimum Gasteiger partial charge on any atom is -0.349 e. The van der Waals surface area contributed by atoms with Gasteiger partial charge in [0.2, 0.25) is 15.9 Å². The second-order valence-corrected chi connectivity index (χ2v) is 11.4. The van der Waals surface area contributed by atoms with Gasteiger partial charge in [-0.3, -0.25) is 9.10 Å². The Morgan fingerprint density at radius 1 is 1.15 bits per heavy atom. The maximum atomic E-state index is 12.9. The molecular formula is C19H24Cl2N2O3S. The average molecular weight is 431 g/mol. The topological polar surface area (TPSA) is 66.5 Å². The standard InChI is InChI=1S/C19H24Cl2N2O3S/c1-27(25,26)23(17-7-15(20)2-3-16(17)21)11-18(24)22-19-8-12-4-13(9-19)6-14(5-12)10-19/h2-3,7,12-14H,4-6,8-11H2,1H3,(H,22,24). The van der Waals surface area contributed by atoms with E-state index in [0.29, 0.717) is 22.8 Å². The van der Waals surface area contributed by atoms with Crippen molar-refractivity contribution in [1.82, 2.24) is 5.32 Å². The van der Waals surface area contributed by atoms with Gasteiger partial charge in [-0.2, -0.15) is 0 Å².